The highest BCUT2D eigenvalue weighted by Crippen LogP contribution is 2.10. The minimum Gasteiger partial charge on any atom is -0.290 e. The molecule has 0 bridgehead atoms. The summed E-state index contributed by atoms with van der Waals surface area (Å²) in [5.74, 6) is -0.241. The van der Waals surface area contributed by atoms with Crippen LogP contribution < -0.4 is 0 Å². The maximum atomic E-state index is 10.3. The number of aromatic nitrogens is 2. The minimum absolute atomic E-state index is 0.121. The molecule has 0 fully saturated rings. The summed E-state index contributed by atoms with van der Waals surface area (Å²) in [6, 6.07) is 7.92. The van der Waals surface area contributed by atoms with Gasteiger partial charge in [0, 0.05) is 0 Å². The van der Waals surface area contributed by atoms with Gasteiger partial charge in [-0.3, -0.25) is 9.59 Å². The Labute approximate surface area is 116 Å². The first-order valence-corrected chi connectivity index (χ1v) is 6.20. The monoisotopic (exact) mass is 266 g/mol. The van der Waals surface area contributed by atoms with Crippen molar-refractivity contribution in [3.8, 4) is 0 Å². The zero-order valence-corrected chi connectivity index (χ0v) is 11.3. The number of para-hydroxylation sites is 2. The van der Waals surface area contributed by atoms with Crippen LogP contribution in [0.4, 0.5) is 0 Å². The fourth-order valence-electron chi connectivity index (χ4n) is 1.62. The predicted molar refractivity (Wildman–Crippen MR) is 77.3 cm³/mol. The van der Waals surface area contributed by atoms with E-state index in [4.69, 9.17) is 0 Å². The molecule has 1 aliphatic carbocycles. The van der Waals surface area contributed by atoms with Crippen LogP contribution in [0.2, 0.25) is 0 Å². The molecule has 0 saturated heterocycles. The maximum Gasteiger partial charge on any atom is 0.178 e. The van der Waals surface area contributed by atoms with Gasteiger partial charge in [-0.15, -0.1) is 0 Å². The molecule has 1 heterocycles. The number of allylic oxidation sites excluding steroid dienone is 4. The molecule has 1 aromatic heterocycles. The van der Waals surface area contributed by atoms with Gasteiger partial charge in [0.2, 0.25) is 0 Å². The SMILES string of the molecule is Cc1nc2ccccc2nc1C.O=C1C=CC(=O)C=C1. The van der Waals surface area contributed by atoms with Crippen LogP contribution in [-0.2, 0) is 9.59 Å². The molecule has 1 aromatic carbocycles. The van der Waals surface area contributed by atoms with Crippen molar-refractivity contribution in [3.05, 3.63) is 60.0 Å². The Balaban J connectivity index is 0.000000160. The van der Waals surface area contributed by atoms with Gasteiger partial charge in [0.05, 0.1) is 22.4 Å². The molecule has 1 aliphatic rings. The normalized spacial score (nSPS) is 13.3. The van der Waals surface area contributed by atoms with Crippen molar-refractivity contribution in [1.29, 1.82) is 0 Å². The van der Waals surface area contributed by atoms with Crippen molar-refractivity contribution in [2.45, 2.75) is 13.8 Å². The van der Waals surface area contributed by atoms with E-state index in [9.17, 15) is 9.59 Å². The molecular weight excluding hydrogens is 252 g/mol. The van der Waals surface area contributed by atoms with E-state index in [0.29, 0.717) is 0 Å². The van der Waals surface area contributed by atoms with Gasteiger partial charge in [-0.25, -0.2) is 9.97 Å². The fourth-order valence-corrected chi connectivity index (χ4v) is 1.62. The Bertz CT molecular complexity index is 652. The number of aryl methyl sites for hydroxylation is 2. The van der Waals surface area contributed by atoms with E-state index in [-0.39, 0.29) is 11.6 Å². The van der Waals surface area contributed by atoms with Gasteiger partial charge in [-0.1, -0.05) is 12.1 Å². The molecule has 4 heteroatoms. The number of rotatable bonds is 0. The fraction of sp³-hybridized carbons (Fsp3) is 0.125. The van der Waals surface area contributed by atoms with Crippen molar-refractivity contribution < 1.29 is 9.59 Å². The standard InChI is InChI=1S/C10H10N2.C6H4O2/c1-7-8(2)12-10-6-4-3-5-9(10)11-7;7-5-1-2-6(8)4-3-5/h3-6H,1-2H3;1-4H. The van der Waals surface area contributed by atoms with E-state index >= 15 is 0 Å². The molecule has 0 N–H and O–H groups in total. The smallest absolute Gasteiger partial charge is 0.178 e. The molecule has 0 atom stereocenters. The zero-order valence-electron chi connectivity index (χ0n) is 11.3. The second kappa shape index (κ2) is 6.02. The van der Waals surface area contributed by atoms with E-state index in [1.807, 2.05) is 38.1 Å². The second-order valence-corrected chi connectivity index (χ2v) is 4.35. The molecule has 3 rings (SSSR count). The first kappa shape index (κ1) is 13.8. The van der Waals surface area contributed by atoms with E-state index in [1.54, 1.807) is 0 Å². The van der Waals surface area contributed by atoms with Crippen LogP contribution in [0.5, 0.6) is 0 Å². The molecular formula is C16H14N2O2. The summed E-state index contributed by atoms with van der Waals surface area (Å²) < 4.78 is 0. The topological polar surface area (TPSA) is 59.9 Å². The second-order valence-electron chi connectivity index (χ2n) is 4.35. The summed E-state index contributed by atoms with van der Waals surface area (Å²) in [4.78, 5) is 29.4. The number of carbonyl (C=O) groups excluding carboxylic acids is 2. The third-order valence-electron chi connectivity index (χ3n) is 2.81. The lowest BCUT2D eigenvalue weighted by Gasteiger charge is -2.00. The highest BCUT2D eigenvalue weighted by Gasteiger charge is 1.99. The van der Waals surface area contributed by atoms with Crippen LogP contribution in [-0.4, -0.2) is 21.5 Å². The molecule has 20 heavy (non-hydrogen) atoms. The summed E-state index contributed by atoms with van der Waals surface area (Å²) in [6.45, 7) is 3.96. The number of carbonyl (C=O) groups is 2. The van der Waals surface area contributed by atoms with Crippen molar-refractivity contribution in [1.82, 2.24) is 9.97 Å². The van der Waals surface area contributed by atoms with Crippen LogP contribution in [0.3, 0.4) is 0 Å². The molecule has 0 aliphatic heterocycles. The number of hydrogen-bond acceptors (Lipinski definition) is 4. The summed E-state index contributed by atoms with van der Waals surface area (Å²) >= 11 is 0. The average molecular weight is 266 g/mol. The molecule has 0 radical (unpaired) electrons. The number of benzene rings is 1. The lowest BCUT2D eigenvalue weighted by atomic mass is 10.2. The minimum atomic E-state index is -0.121. The number of hydrogen-bond donors (Lipinski definition) is 0. The molecule has 2 aromatic rings. The van der Waals surface area contributed by atoms with E-state index in [2.05, 4.69) is 9.97 Å². The summed E-state index contributed by atoms with van der Waals surface area (Å²) in [7, 11) is 0. The Morgan fingerprint density at radius 2 is 1.05 bits per heavy atom. The molecule has 0 spiro atoms. The van der Waals surface area contributed by atoms with Gasteiger partial charge >= 0.3 is 0 Å². The average Bonchev–Trinajstić information content (AvgIpc) is 2.44. The van der Waals surface area contributed by atoms with Crippen LogP contribution >= 0.6 is 0 Å². The lowest BCUT2D eigenvalue weighted by Crippen LogP contribution is -1.97. The van der Waals surface area contributed by atoms with Gasteiger partial charge in [0.25, 0.3) is 0 Å². The van der Waals surface area contributed by atoms with Crippen LogP contribution in [0.1, 0.15) is 11.4 Å². The van der Waals surface area contributed by atoms with E-state index < -0.39 is 0 Å². The quantitative estimate of drug-likeness (QED) is 0.687. The number of ketones is 2. The van der Waals surface area contributed by atoms with Crippen molar-refractivity contribution in [3.63, 3.8) is 0 Å². The van der Waals surface area contributed by atoms with Gasteiger partial charge in [0.15, 0.2) is 11.6 Å². The van der Waals surface area contributed by atoms with Crippen LogP contribution in [0.15, 0.2) is 48.6 Å². The molecule has 4 nitrogen and oxygen atoms in total. The first-order chi connectivity index (χ1) is 9.56. The molecule has 0 saturated carbocycles. The largest absolute Gasteiger partial charge is 0.290 e. The lowest BCUT2D eigenvalue weighted by molar-refractivity contribution is -0.113. The third kappa shape index (κ3) is 3.45. The maximum absolute atomic E-state index is 10.3. The van der Waals surface area contributed by atoms with E-state index in [1.165, 1.54) is 24.3 Å². The predicted octanol–water partition coefficient (Wildman–Crippen LogP) is 2.50. The Hall–Kier alpha value is -2.62. The van der Waals surface area contributed by atoms with Crippen molar-refractivity contribution >= 4 is 22.6 Å². The van der Waals surface area contributed by atoms with E-state index in [0.717, 1.165) is 22.4 Å². The van der Waals surface area contributed by atoms with Crippen LogP contribution in [0, 0.1) is 13.8 Å². The third-order valence-corrected chi connectivity index (χ3v) is 2.81. The molecule has 0 amide bonds. The Morgan fingerprint density at radius 3 is 1.40 bits per heavy atom. The van der Waals surface area contributed by atoms with Crippen molar-refractivity contribution in [2.24, 2.45) is 0 Å². The van der Waals surface area contributed by atoms with Gasteiger partial charge in [-0.2, -0.15) is 0 Å². The van der Waals surface area contributed by atoms with Gasteiger partial charge in [-0.05, 0) is 50.3 Å². The van der Waals surface area contributed by atoms with Gasteiger partial charge in [0.1, 0.15) is 0 Å². The number of fused-ring (bicyclic) bond motifs is 1. The summed E-state index contributed by atoms with van der Waals surface area (Å²) in [5.41, 5.74) is 3.96. The zero-order chi connectivity index (χ0) is 14.5. The summed E-state index contributed by atoms with van der Waals surface area (Å²) in [6.07, 6.45) is 5.01. The molecule has 0 unspecified atom stereocenters. The van der Waals surface area contributed by atoms with Crippen LogP contribution in [0.25, 0.3) is 11.0 Å². The Kier molecular flexibility index (Phi) is 4.15. The Morgan fingerprint density at radius 1 is 0.700 bits per heavy atom. The highest BCUT2D eigenvalue weighted by atomic mass is 16.1. The first-order valence-electron chi connectivity index (χ1n) is 6.20. The van der Waals surface area contributed by atoms with Gasteiger partial charge < -0.3 is 0 Å². The molecule has 100 valence electrons. The number of nitrogens with zero attached hydrogens (tertiary/aromatic N) is 2. The summed E-state index contributed by atoms with van der Waals surface area (Å²) in [5, 5.41) is 0. The van der Waals surface area contributed by atoms with Crippen molar-refractivity contribution in [2.75, 3.05) is 0 Å². The highest BCUT2D eigenvalue weighted by molar-refractivity contribution is 6.14.